The second-order valence-corrected chi connectivity index (χ2v) is 8.96. The highest BCUT2D eigenvalue weighted by Gasteiger charge is 2.24. The third-order valence-corrected chi connectivity index (χ3v) is 6.11. The maximum Gasteiger partial charge on any atom is 0.317 e. The first kappa shape index (κ1) is 27.5. The molecule has 2 aromatic carbocycles. The molecule has 10 heteroatoms. The summed E-state index contributed by atoms with van der Waals surface area (Å²) >= 11 is 6.69. The number of halogens is 2. The van der Waals surface area contributed by atoms with Gasteiger partial charge in [0, 0.05) is 20.1 Å². The molecule has 2 aromatic rings. The maximum atomic E-state index is 12.0. The number of rotatable bonds is 11. The number of ether oxygens (including phenoxy) is 4. The minimum absolute atomic E-state index is 0.00836. The SMILES string of the molecule is C[C@@H](OC(=O)CC(=O)OCc1ccccc1Br)[C@@H](C)OC(=O)CC(=O)OCc1ccccc1Br. The highest BCUT2D eigenvalue weighted by atomic mass is 79.9. The first-order chi connectivity index (χ1) is 16.2. The van der Waals surface area contributed by atoms with Crippen LogP contribution in [0.5, 0.6) is 0 Å². The maximum absolute atomic E-state index is 12.0. The van der Waals surface area contributed by atoms with E-state index in [1.807, 2.05) is 24.3 Å². The molecule has 0 aromatic heterocycles. The Morgan fingerprint density at radius 1 is 0.647 bits per heavy atom. The molecule has 8 nitrogen and oxygen atoms in total. The lowest BCUT2D eigenvalue weighted by Gasteiger charge is -2.20. The van der Waals surface area contributed by atoms with Gasteiger partial charge in [-0.1, -0.05) is 68.3 Å². The molecule has 0 fully saturated rings. The van der Waals surface area contributed by atoms with Gasteiger partial charge in [-0.2, -0.15) is 0 Å². The monoisotopic (exact) mass is 598 g/mol. The third kappa shape index (κ3) is 9.64. The zero-order valence-electron chi connectivity index (χ0n) is 18.6. The van der Waals surface area contributed by atoms with Crippen molar-refractivity contribution in [2.75, 3.05) is 0 Å². The van der Waals surface area contributed by atoms with Gasteiger partial charge in [-0.05, 0) is 26.0 Å². The van der Waals surface area contributed by atoms with Gasteiger partial charge in [0.15, 0.2) is 0 Å². The number of carbonyl (C=O) groups excluding carboxylic acids is 4. The summed E-state index contributed by atoms with van der Waals surface area (Å²) < 4.78 is 22.0. The molecule has 0 aliphatic rings. The minimum atomic E-state index is -0.844. The van der Waals surface area contributed by atoms with Crippen LogP contribution in [0.2, 0.25) is 0 Å². The van der Waals surface area contributed by atoms with Crippen molar-refractivity contribution < 1.29 is 38.1 Å². The van der Waals surface area contributed by atoms with E-state index in [2.05, 4.69) is 31.9 Å². The van der Waals surface area contributed by atoms with E-state index in [1.54, 1.807) is 24.3 Å². The summed E-state index contributed by atoms with van der Waals surface area (Å²) in [6, 6.07) is 14.4. The number of esters is 4. The second kappa shape index (κ2) is 13.9. The molecule has 0 amide bonds. The molecule has 2 atom stereocenters. The van der Waals surface area contributed by atoms with Crippen molar-refractivity contribution in [2.24, 2.45) is 0 Å². The van der Waals surface area contributed by atoms with Crippen molar-refractivity contribution in [3.05, 3.63) is 68.6 Å². The van der Waals surface area contributed by atoms with Crippen molar-refractivity contribution >= 4 is 55.7 Å². The van der Waals surface area contributed by atoms with Crippen LogP contribution in [0.15, 0.2) is 57.5 Å². The molecule has 0 aliphatic carbocycles. The lowest BCUT2D eigenvalue weighted by atomic mass is 10.2. The standard InChI is InChI=1S/C24H24Br2O8/c1-15(33-23(29)11-21(27)31-13-17-7-3-5-9-19(17)25)16(2)34-24(30)12-22(28)32-14-18-8-4-6-10-20(18)26/h3-10,15-16H,11-14H2,1-2H3/t15-,16-/m1/s1. The average Bonchev–Trinajstić information content (AvgIpc) is 2.77. The van der Waals surface area contributed by atoms with Gasteiger partial charge in [0.25, 0.3) is 0 Å². The predicted octanol–water partition coefficient (Wildman–Crippen LogP) is 4.64. The Hall–Kier alpha value is -2.72. The zero-order valence-corrected chi connectivity index (χ0v) is 21.8. The molecule has 0 saturated carbocycles. The smallest absolute Gasteiger partial charge is 0.317 e. The summed E-state index contributed by atoms with van der Waals surface area (Å²) in [5, 5.41) is 0. The van der Waals surface area contributed by atoms with Crippen molar-refractivity contribution in [3.63, 3.8) is 0 Å². The van der Waals surface area contributed by atoms with E-state index in [4.69, 9.17) is 18.9 Å². The van der Waals surface area contributed by atoms with Crippen LogP contribution in [-0.4, -0.2) is 36.1 Å². The number of hydrogen-bond acceptors (Lipinski definition) is 8. The Morgan fingerprint density at radius 2 is 1.00 bits per heavy atom. The minimum Gasteiger partial charge on any atom is -0.460 e. The molecule has 2 rings (SSSR count). The van der Waals surface area contributed by atoms with E-state index in [1.165, 1.54) is 13.8 Å². The Kier molecular flexibility index (Phi) is 11.2. The fourth-order valence-electron chi connectivity index (χ4n) is 2.57. The molecule has 0 radical (unpaired) electrons. The Labute approximate surface area is 214 Å². The normalized spacial score (nSPS) is 12.2. The van der Waals surface area contributed by atoms with Crippen LogP contribution in [0.4, 0.5) is 0 Å². The molecule has 0 bridgehead atoms. The fraction of sp³-hybridized carbons (Fsp3) is 0.333. The summed E-state index contributed by atoms with van der Waals surface area (Å²) in [7, 11) is 0. The molecule has 34 heavy (non-hydrogen) atoms. The molecule has 0 heterocycles. The molecular weight excluding hydrogens is 576 g/mol. The van der Waals surface area contributed by atoms with Gasteiger partial charge in [-0.3, -0.25) is 19.2 Å². The van der Waals surface area contributed by atoms with E-state index in [-0.39, 0.29) is 13.2 Å². The summed E-state index contributed by atoms with van der Waals surface area (Å²) in [4.78, 5) is 47.8. The van der Waals surface area contributed by atoms with Crippen LogP contribution in [0, 0.1) is 0 Å². The topological polar surface area (TPSA) is 105 Å². The van der Waals surface area contributed by atoms with Crippen LogP contribution in [-0.2, 0) is 51.3 Å². The highest BCUT2D eigenvalue weighted by Crippen LogP contribution is 2.18. The second-order valence-electron chi connectivity index (χ2n) is 7.25. The first-order valence-electron chi connectivity index (χ1n) is 10.3. The van der Waals surface area contributed by atoms with E-state index in [9.17, 15) is 19.2 Å². The Morgan fingerprint density at radius 3 is 1.35 bits per heavy atom. The lowest BCUT2D eigenvalue weighted by molar-refractivity contribution is -0.171. The molecule has 182 valence electrons. The largest absolute Gasteiger partial charge is 0.460 e. The molecular formula is C24H24Br2O8. The van der Waals surface area contributed by atoms with E-state index >= 15 is 0 Å². The van der Waals surface area contributed by atoms with Gasteiger partial charge in [-0.15, -0.1) is 0 Å². The van der Waals surface area contributed by atoms with Crippen LogP contribution >= 0.6 is 31.9 Å². The Balaban J connectivity index is 1.68. The highest BCUT2D eigenvalue weighted by molar-refractivity contribution is 9.10. The third-order valence-electron chi connectivity index (χ3n) is 4.57. The first-order valence-corrected chi connectivity index (χ1v) is 11.9. The van der Waals surface area contributed by atoms with E-state index < -0.39 is 48.9 Å². The van der Waals surface area contributed by atoms with Crippen LogP contribution < -0.4 is 0 Å². The summed E-state index contributed by atoms with van der Waals surface area (Å²) in [6.45, 7) is 3.03. The number of hydrogen-bond donors (Lipinski definition) is 0. The lowest BCUT2D eigenvalue weighted by Crippen LogP contribution is -2.32. The molecule has 0 unspecified atom stereocenters. The van der Waals surface area contributed by atoms with Crippen molar-refractivity contribution in [1.82, 2.24) is 0 Å². The van der Waals surface area contributed by atoms with Crippen molar-refractivity contribution in [3.8, 4) is 0 Å². The van der Waals surface area contributed by atoms with Crippen molar-refractivity contribution in [2.45, 2.75) is 52.1 Å². The van der Waals surface area contributed by atoms with Crippen LogP contribution in [0.25, 0.3) is 0 Å². The predicted molar refractivity (Wildman–Crippen MR) is 128 cm³/mol. The van der Waals surface area contributed by atoms with Gasteiger partial charge < -0.3 is 18.9 Å². The van der Waals surface area contributed by atoms with Gasteiger partial charge in [0.1, 0.15) is 38.3 Å². The summed E-state index contributed by atoms with van der Waals surface area (Å²) in [5.74, 6) is -3.13. The van der Waals surface area contributed by atoms with Gasteiger partial charge >= 0.3 is 23.9 Å². The average molecular weight is 600 g/mol. The van der Waals surface area contributed by atoms with Gasteiger partial charge in [0.2, 0.25) is 0 Å². The quantitative estimate of drug-likeness (QED) is 0.209. The van der Waals surface area contributed by atoms with E-state index in [0.717, 1.165) is 20.1 Å². The molecule has 0 saturated heterocycles. The molecule has 0 spiro atoms. The number of benzene rings is 2. The Bertz CT molecular complexity index is 942. The van der Waals surface area contributed by atoms with Gasteiger partial charge in [0.05, 0.1) is 0 Å². The molecule has 0 aliphatic heterocycles. The molecule has 0 N–H and O–H groups in total. The zero-order chi connectivity index (χ0) is 25.1. The van der Waals surface area contributed by atoms with Crippen LogP contribution in [0.3, 0.4) is 0 Å². The van der Waals surface area contributed by atoms with Crippen LogP contribution in [0.1, 0.15) is 37.8 Å². The summed E-state index contributed by atoms with van der Waals surface area (Å²) in [6.07, 6.45) is -2.86. The van der Waals surface area contributed by atoms with E-state index in [0.29, 0.717) is 0 Å². The summed E-state index contributed by atoms with van der Waals surface area (Å²) in [5.41, 5.74) is 1.51. The van der Waals surface area contributed by atoms with Gasteiger partial charge in [-0.25, -0.2) is 0 Å². The fourth-order valence-corrected chi connectivity index (χ4v) is 3.37. The number of carbonyl (C=O) groups is 4. The van der Waals surface area contributed by atoms with Crippen molar-refractivity contribution in [1.29, 1.82) is 0 Å².